The largest absolute Gasteiger partial charge is 0.451 e. The van der Waals surface area contributed by atoms with E-state index in [9.17, 15) is 4.79 Å². The lowest BCUT2D eigenvalue weighted by molar-refractivity contribution is -0.132. The Kier molecular flexibility index (Phi) is 5.01. The van der Waals surface area contributed by atoms with Crippen molar-refractivity contribution in [2.75, 3.05) is 6.54 Å². The van der Waals surface area contributed by atoms with Crippen molar-refractivity contribution >= 4 is 27.9 Å². The molecule has 0 aliphatic carbocycles. The molecule has 0 saturated carbocycles. The molecule has 0 saturated heterocycles. The van der Waals surface area contributed by atoms with Crippen molar-refractivity contribution in [1.29, 1.82) is 0 Å². The van der Waals surface area contributed by atoms with Gasteiger partial charge in [-0.25, -0.2) is 4.36 Å². The van der Waals surface area contributed by atoms with Gasteiger partial charge in [0, 0.05) is 12.4 Å². The van der Waals surface area contributed by atoms with E-state index in [1.54, 1.807) is 0 Å². The van der Waals surface area contributed by atoms with Gasteiger partial charge in [-0.2, -0.15) is 0 Å². The van der Waals surface area contributed by atoms with Crippen molar-refractivity contribution < 1.29 is 9.32 Å². The smallest absolute Gasteiger partial charge is 0.309 e. The van der Waals surface area contributed by atoms with Gasteiger partial charge in [-0.05, 0) is 0 Å². The monoisotopic (exact) mass is 151 g/mol. The van der Waals surface area contributed by atoms with Crippen LogP contribution >= 0.6 is 9.47 Å². The molecule has 8 heavy (non-hydrogen) atoms. The van der Waals surface area contributed by atoms with Crippen LogP contribution < -0.4 is 0 Å². The standard InChI is InChI=1S/C3H6NO2PS/c5-3(6-7)1-2-4-8/h1-2,7H2. The molecule has 0 bridgehead atoms. The maximum absolute atomic E-state index is 10.2. The van der Waals surface area contributed by atoms with E-state index in [2.05, 4.69) is 21.3 Å². The lowest BCUT2D eigenvalue weighted by Crippen LogP contribution is -1.97. The fourth-order valence-corrected chi connectivity index (χ4v) is 0.405. The summed E-state index contributed by atoms with van der Waals surface area (Å²) in [4.78, 5) is 10.2. The number of carbonyl (C=O) groups excluding carboxylic acids is 1. The molecule has 0 amide bonds. The Morgan fingerprint density at radius 3 is 2.88 bits per heavy atom. The summed E-state index contributed by atoms with van der Waals surface area (Å²) < 4.78 is 7.52. The number of rotatable bonds is 3. The summed E-state index contributed by atoms with van der Waals surface area (Å²) in [7, 11) is 1.86. The number of carbonyl (C=O) groups is 1. The molecule has 1 atom stereocenters. The molecule has 0 spiro atoms. The highest BCUT2D eigenvalue weighted by Gasteiger charge is 1.95. The lowest BCUT2D eigenvalue weighted by Gasteiger charge is -1.90. The molecule has 0 aromatic heterocycles. The highest BCUT2D eigenvalue weighted by atomic mass is 32.1. The van der Waals surface area contributed by atoms with Crippen LogP contribution in [0.15, 0.2) is 4.36 Å². The summed E-state index contributed by atoms with van der Waals surface area (Å²) in [5, 5.41) is 0. The van der Waals surface area contributed by atoms with Crippen LogP contribution in [-0.2, 0) is 21.7 Å². The molecular formula is C3H6NO2PS. The van der Waals surface area contributed by atoms with Crippen molar-refractivity contribution in [3.05, 3.63) is 0 Å². The van der Waals surface area contributed by atoms with Crippen molar-refractivity contribution in [2.24, 2.45) is 4.36 Å². The minimum Gasteiger partial charge on any atom is -0.451 e. The maximum atomic E-state index is 10.2. The van der Waals surface area contributed by atoms with E-state index in [-0.39, 0.29) is 12.4 Å². The Hall–Kier alpha value is -0.0800. The van der Waals surface area contributed by atoms with Gasteiger partial charge < -0.3 is 4.52 Å². The summed E-state index contributed by atoms with van der Waals surface area (Å²) in [5.41, 5.74) is 0. The average Bonchev–Trinajstić information content (AvgIpc) is 1.83. The fourth-order valence-electron chi connectivity index (χ4n) is 0.196. The third kappa shape index (κ3) is 4.09. The van der Waals surface area contributed by atoms with Gasteiger partial charge in [0.15, 0.2) is 0 Å². The van der Waals surface area contributed by atoms with Crippen molar-refractivity contribution in [2.45, 2.75) is 6.42 Å². The summed E-state index contributed by atoms with van der Waals surface area (Å²) in [6.45, 7) is 0.364. The number of hydrogen-bond acceptors (Lipinski definition) is 4. The third-order valence-electron chi connectivity index (χ3n) is 0.539. The minimum atomic E-state index is -0.302. The van der Waals surface area contributed by atoms with Gasteiger partial charge in [-0.1, -0.05) is 0 Å². The summed E-state index contributed by atoms with van der Waals surface area (Å²) in [6, 6.07) is 0. The quantitative estimate of drug-likeness (QED) is 0.549. The molecule has 0 fully saturated rings. The first-order valence-electron chi connectivity index (χ1n) is 2.00. The zero-order chi connectivity index (χ0) is 6.41. The van der Waals surface area contributed by atoms with Gasteiger partial charge in [0.1, 0.15) is 0 Å². The van der Waals surface area contributed by atoms with Crippen LogP contribution in [0.1, 0.15) is 6.42 Å². The van der Waals surface area contributed by atoms with Crippen LogP contribution in [-0.4, -0.2) is 12.5 Å². The van der Waals surface area contributed by atoms with Crippen LogP contribution in [0.4, 0.5) is 0 Å². The molecule has 0 rings (SSSR count). The van der Waals surface area contributed by atoms with Crippen LogP contribution in [0.2, 0.25) is 0 Å². The van der Waals surface area contributed by atoms with Gasteiger partial charge in [-0.15, -0.1) is 0 Å². The predicted octanol–water partition coefficient (Wildman–Crippen LogP) is 0.440. The zero-order valence-electron chi connectivity index (χ0n) is 4.16. The molecule has 1 unspecified atom stereocenters. The average molecular weight is 151 g/mol. The van der Waals surface area contributed by atoms with Gasteiger partial charge in [0.05, 0.1) is 22.4 Å². The number of nitrogens with zero attached hydrogens (tertiary/aromatic N) is 1. The Labute approximate surface area is 55.3 Å². The Balaban J connectivity index is 3.11. The molecular weight excluding hydrogens is 145 g/mol. The Morgan fingerprint density at radius 1 is 1.88 bits per heavy atom. The number of hydrogen-bond donors (Lipinski definition) is 0. The SMILES string of the molecule is O=C(CCN=S)OP. The second kappa shape index (κ2) is 5.06. The summed E-state index contributed by atoms with van der Waals surface area (Å²) in [6.07, 6.45) is 0.271. The minimum absolute atomic E-state index is 0.271. The Morgan fingerprint density at radius 2 is 2.50 bits per heavy atom. The first-order valence-corrected chi connectivity index (χ1v) is 2.83. The normalized spacial score (nSPS) is 8.12. The molecule has 0 aromatic rings. The van der Waals surface area contributed by atoms with E-state index in [4.69, 9.17) is 0 Å². The van der Waals surface area contributed by atoms with Gasteiger partial charge in [0.25, 0.3) is 0 Å². The topological polar surface area (TPSA) is 38.7 Å². The van der Waals surface area contributed by atoms with E-state index >= 15 is 0 Å². The van der Waals surface area contributed by atoms with E-state index in [0.29, 0.717) is 6.54 Å². The molecule has 0 aliphatic heterocycles. The maximum Gasteiger partial charge on any atom is 0.309 e. The van der Waals surface area contributed by atoms with Crippen molar-refractivity contribution in [3.63, 3.8) is 0 Å². The molecule has 46 valence electrons. The van der Waals surface area contributed by atoms with Gasteiger partial charge in [0.2, 0.25) is 0 Å². The van der Waals surface area contributed by atoms with Crippen molar-refractivity contribution in [3.8, 4) is 0 Å². The Bertz CT molecular complexity index is 97.3. The highest BCUT2D eigenvalue weighted by Crippen LogP contribution is 1.91. The fraction of sp³-hybridized carbons (Fsp3) is 0.667. The molecule has 0 aromatic carbocycles. The van der Waals surface area contributed by atoms with Gasteiger partial charge in [-0.3, -0.25) is 4.79 Å². The second-order valence-electron chi connectivity index (χ2n) is 1.09. The van der Waals surface area contributed by atoms with E-state index in [1.807, 2.05) is 9.47 Å². The van der Waals surface area contributed by atoms with E-state index < -0.39 is 0 Å². The molecule has 0 heterocycles. The van der Waals surface area contributed by atoms with Crippen LogP contribution in [0.25, 0.3) is 0 Å². The molecule has 3 nitrogen and oxygen atoms in total. The summed E-state index contributed by atoms with van der Waals surface area (Å²) >= 11 is 4.23. The summed E-state index contributed by atoms with van der Waals surface area (Å²) in [5.74, 6) is -0.302. The van der Waals surface area contributed by atoms with Gasteiger partial charge >= 0.3 is 5.97 Å². The molecule has 0 N–H and O–H groups in total. The first kappa shape index (κ1) is 7.92. The van der Waals surface area contributed by atoms with E-state index in [1.165, 1.54) is 0 Å². The second-order valence-corrected chi connectivity index (χ2v) is 1.59. The zero-order valence-corrected chi connectivity index (χ0v) is 6.13. The van der Waals surface area contributed by atoms with Crippen LogP contribution in [0.5, 0.6) is 0 Å². The van der Waals surface area contributed by atoms with Crippen LogP contribution in [0.3, 0.4) is 0 Å². The van der Waals surface area contributed by atoms with E-state index in [0.717, 1.165) is 0 Å². The molecule has 5 heteroatoms. The molecule has 0 radical (unpaired) electrons. The first-order chi connectivity index (χ1) is 3.81. The lowest BCUT2D eigenvalue weighted by atomic mass is 10.5. The van der Waals surface area contributed by atoms with Crippen molar-refractivity contribution in [1.82, 2.24) is 0 Å². The highest BCUT2D eigenvalue weighted by molar-refractivity contribution is 7.47. The predicted molar refractivity (Wildman–Crippen MR) is 35.1 cm³/mol. The van der Waals surface area contributed by atoms with Crippen LogP contribution in [0, 0.1) is 0 Å². The molecule has 0 aliphatic rings. The third-order valence-corrected chi connectivity index (χ3v) is 0.984.